The second-order valence-corrected chi connectivity index (χ2v) is 4.55. The van der Waals surface area contributed by atoms with Crippen molar-refractivity contribution < 1.29 is 4.74 Å². The molecule has 0 fully saturated rings. The molecule has 19 heavy (non-hydrogen) atoms. The number of fused-ring (bicyclic) bond motifs is 1. The summed E-state index contributed by atoms with van der Waals surface area (Å²) in [6, 6.07) is 10.0. The monoisotopic (exact) mass is 275 g/mol. The molecule has 0 spiro atoms. The molecule has 0 bridgehead atoms. The second kappa shape index (κ2) is 7.01. The van der Waals surface area contributed by atoms with Crippen LogP contribution in [0.15, 0.2) is 36.5 Å². The van der Waals surface area contributed by atoms with Gasteiger partial charge in [0.15, 0.2) is 5.11 Å². The van der Waals surface area contributed by atoms with Gasteiger partial charge in [0, 0.05) is 25.6 Å². The summed E-state index contributed by atoms with van der Waals surface area (Å²) < 4.78 is 4.98. The van der Waals surface area contributed by atoms with Crippen LogP contribution < -0.4 is 10.6 Å². The number of para-hydroxylation sites is 1. The van der Waals surface area contributed by atoms with Crippen molar-refractivity contribution in [1.29, 1.82) is 0 Å². The van der Waals surface area contributed by atoms with E-state index >= 15 is 0 Å². The Morgan fingerprint density at radius 3 is 3.05 bits per heavy atom. The van der Waals surface area contributed by atoms with E-state index < -0.39 is 0 Å². The molecule has 0 amide bonds. The van der Waals surface area contributed by atoms with Crippen molar-refractivity contribution in [3.05, 3.63) is 36.5 Å². The Balaban J connectivity index is 1.91. The molecule has 0 saturated carbocycles. The minimum Gasteiger partial charge on any atom is -0.385 e. The van der Waals surface area contributed by atoms with Crippen LogP contribution in [-0.2, 0) is 4.74 Å². The molecular weight excluding hydrogens is 258 g/mol. The number of ether oxygens (including phenoxy) is 1. The summed E-state index contributed by atoms with van der Waals surface area (Å²) in [5, 5.41) is 7.95. The predicted molar refractivity (Wildman–Crippen MR) is 82.5 cm³/mol. The van der Waals surface area contributed by atoms with E-state index in [-0.39, 0.29) is 0 Å². The molecule has 1 aromatic carbocycles. The number of aromatic nitrogens is 1. The number of nitrogens with zero attached hydrogens (tertiary/aromatic N) is 1. The summed E-state index contributed by atoms with van der Waals surface area (Å²) in [4.78, 5) is 4.37. The van der Waals surface area contributed by atoms with Gasteiger partial charge in [0.1, 0.15) is 0 Å². The minimum absolute atomic E-state index is 0.605. The summed E-state index contributed by atoms with van der Waals surface area (Å²) in [5.41, 5.74) is 1.87. The van der Waals surface area contributed by atoms with E-state index in [9.17, 15) is 0 Å². The third-order valence-electron chi connectivity index (χ3n) is 2.66. The van der Waals surface area contributed by atoms with Gasteiger partial charge in [-0.15, -0.1) is 0 Å². The van der Waals surface area contributed by atoms with Crippen LogP contribution in [0, 0.1) is 0 Å². The van der Waals surface area contributed by atoms with E-state index in [0.29, 0.717) is 5.11 Å². The molecule has 0 atom stereocenters. The lowest BCUT2D eigenvalue weighted by Crippen LogP contribution is -2.29. The molecule has 0 saturated heterocycles. The molecule has 0 aliphatic carbocycles. The first-order chi connectivity index (χ1) is 9.29. The van der Waals surface area contributed by atoms with Gasteiger partial charge in [-0.1, -0.05) is 18.2 Å². The fraction of sp³-hybridized carbons (Fsp3) is 0.286. The molecule has 4 nitrogen and oxygen atoms in total. The molecule has 2 aromatic rings. The van der Waals surface area contributed by atoms with Gasteiger partial charge in [-0.05, 0) is 30.8 Å². The zero-order chi connectivity index (χ0) is 13.5. The van der Waals surface area contributed by atoms with Crippen LogP contribution in [0.2, 0.25) is 0 Å². The van der Waals surface area contributed by atoms with Gasteiger partial charge < -0.3 is 15.4 Å². The Bertz CT molecular complexity index is 559. The summed E-state index contributed by atoms with van der Waals surface area (Å²) in [6.45, 7) is 1.52. The second-order valence-electron chi connectivity index (χ2n) is 4.14. The normalized spacial score (nSPS) is 10.4. The van der Waals surface area contributed by atoms with Crippen LogP contribution in [0.4, 0.5) is 5.69 Å². The van der Waals surface area contributed by atoms with Crippen LogP contribution in [0.3, 0.4) is 0 Å². The molecule has 1 heterocycles. The average Bonchev–Trinajstić information content (AvgIpc) is 2.43. The van der Waals surface area contributed by atoms with Crippen molar-refractivity contribution in [1.82, 2.24) is 10.3 Å². The molecule has 5 heteroatoms. The maximum atomic E-state index is 5.22. The lowest BCUT2D eigenvalue weighted by atomic mass is 10.2. The van der Waals surface area contributed by atoms with E-state index in [1.807, 2.05) is 30.3 Å². The molecule has 100 valence electrons. The maximum Gasteiger partial charge on any atom is 0.170 e. The summed E-state index contributed by atoms with van der Waals surface area (Å²) in [5.74, 6) is 0. The lowest BCUT2D eigenvalue weighted by Gasteiger charge is -2.10. The molecule has 0 aliphatic heterocycles. The Labute approximate surface area is 118 Å². The quantitative estimate of drug-likeness (QED) is 0.648. The van der Waals surface area contributed by atoms with Crippen LogP contribution in [-0.4, -0.2) is 30.4 Å². The fourth-order valence-electron chi connectivity index (χ4n) is 1.73. The summed E-state index contributed by atoms with van der Waals surface area (Å²) >= 11 is 5.22. The standard InChI is InChI=1S/C14H17N3OS/c1-18-8-4-7-15-14(19)17-12-9-11-5-2-3-6-13(11)16-10-12/h2-3,5-6,9-10H,4,7-8H2,1H3,(H2,15,17,19). The van der Waals surface area contributed by atoms with Crippen molar-refractivity contribution >= 4 is 33.9 Å². The number of pyridine rings is 1. The highest BCUT2D eigenvalue weighted by Gasteiger charge is 1.99. The number of anilines is 1. The van der Waals surface area contributed by atoms with Gasteiger partial charge in [-0.25, -0.2) is 0 Å². The zero-order valence-electron chi connectivity index (χ0n) is 10.8. The number of thiocarbonyl (C=S) groups is 1. The van der Waals surface area contributed by atoms with Crippen molar-refractivity contribution in [3.63, 3.8) is 0 Å². The highest BCUT2D eigenvalue weighted by molar-refractivity contribution is 7.80. The average molecular weight is 275 g/mol. The van der Waals surface area contributed by atoms with Gasteiger partial charge in [0.2, 0.25) is 0 Å². The van der Waals surface area contributed by atoms with E-state index in [4.69, 9.17) is 17.0 Å². The van der Waals surface area contributed by atoms with Crippen LogP contribution >= 0.6 is 12.2 Å². The number of hydrogen-bond acceptors (Lipinski definition) is 3. The molecular formula is C14H17N3OS. The maximum absolute atomic E-state index is 5.22. The van der Waals surface area contributed by atoms with Gasteiger partial charge >= 0.3 is 0 Å². The Kier molecular flexibility index (Phi) is 5.06. The fourth-order valence-corrected chi connectivity index (χ4v) is 1.95. The highest BCUT2D eigenvalue weighted by atomic mass is 32.1. The van der Waals surface area contributed by atoms with Gasteiger partial charge in [0.25, 0.3) is 0 Å². The van der Waals surface area contributed by atoms with E-state index in [1.165, 1.54) is 0 Å². The summed E-state index contributed by atoms with van der Waals surface area (Å²) in [6.07, 6.45) is 2.71. The first kappa shape index (κ1) is 13.7. The van der Waals surface area contributed by atoms with Crippen molar-refractivity contribution in [3.8, 4) is 0 Å². The number of hydrogen-bond donors (Lipinski definition) is 2. The van der Waals surface area contributed by atoms with E-state index in [2.05, 4.69) is 15.6 Å². The van der Waals surface area contributed by atoms with Gasteiger partial charge in [-0.2, -0.15) is 0 Å². The van der Waals surface area contributed by atoms with Crippen molar-refractivity contribution in [2.45, 2.75) is 6.42 Å². The smallest absolute Gasteiger partial charge is 0.170 e. The molecule has 0 aliphatic rings. The first-order valence-corrected chi connectivity index (χ1v) is 6.59. The molecule has 0 unspecified atom stereocenters. The summed E-state index contributed by atoms with van der Waals surface area (Å²) in [7, 11) is 1.69. The third kappa shape index (κ3) is 4.15. The number of rotatable bonds is 5. The van der Waals surface area contributed by atoms with Crippen molar-refractivity contribution in [2.75, 3.05) is 25.6 Å². The minimum atomic E-state index is 0.605. The molecule has 2 rings (SSSR count). The Hall–Kier alpha value is -1.72. The van der Waals surface area contributed by atoms with E-state index in [0.717, 1.165) is 36.2 Å². The third-order valence-corrected chi connectivity index (χ3v) is 2.91. The lowest BCUT2D eigenvalue weighted by molar-refractivity contribution is 0.196. The molecule has 1 aromatic heterocycles. The largest absolute Gasteiger partial charge is 0.385 e. The SMILES string of the molecule is COCCCNC(=S)Nc1cnc2ccccc2c1. The number of methoxy groups -OCH3 is 1. The number of nitrogens with one attached hydrogen (secondary N) is 2. The number of benzene rings is 1. The zero-order valence-corrected chi connectivity index (χ0v) is 11.7. The Morgan fingerprint density at radius 2 is 2.21 bits per heavy atom. The topological polar surface area (TPSA) is 46.2 Å². The molecule has 0 radical (unpaired) electrons. The Morgan fingerprint density at radius 1 is 1.37 bits per heavy atom. The van der Waals surface area contributed by atoms with Crippen LogP contribution in [0.1, 0.15) is 6.42 Å². The predicted octanol–water partition coefficient (Wildman–Crippen LogP) is 2.56. The van der Waals surface area contributed by atoms with E-state index in [1.54, 1.807) is 13.3 Å². The molecule has 2 N–H and O–H groups in total. The first-order valence-electron chi connectivity index (χ1n) is 6.18. The van der Waals surface area contributed by atoms with Crippen LogP contribution in [0.5, 0.6) is 0 Å². The van der Waals surface area contributed by atoms with Gasteiger partial charge in [-0.3, -0.25) is 4.98 Å². The van der Waals surface area contributed by atoms with Crippen molar-refractivity contribution in [2.24, 2.45) is 0 Å². The van der Waals surface area contributed by atoms with Gasteiger partial charge in [0.05, 0.1) is 17.4 Å². The highest BCUT2D eigenvalue weighted by Crippen LogP contribution is 2.15. The van der Waals surface area contributed by atoms with Crippen LogP contribution in [0.25, 0.3) is 10.9 Å².